The van der Waals surface area contributed by atoms with Gasteiger partial charge in [-0.15, -0.1) is 0 Å². The third kappa shape index (κ3) is 2.81. The van der Waals surface area contributed by atoms with Crippen LogP contribution in [0.1, 0.15) is 42.5 Å². The van der Waals surface area contributed by atoms with Gasteiger partial charge in [-0.3, -0.25) is 0 Å². The predicted octanol–water partition coefficient (Wildman–Crippen LogP) is 2.03. The summed E-state index contributed by atoms with van der Waals surface area (Å²) in [5.41, 5.74) is 9.79. The van der Waals surface area contributed by atoms with Gasteiger partial charge in [0.1, 0.15) is 5.82 Å². The van der Waals surface area contributed by atoms with E-state index in [9.17, 15) is 0 Å². The monoisotopic (exact) mass is 275 g/mol. The van der Waals surface area contributed by atoms with E-state index in [2.05, 4.69) is 18.0 Å². The molecule has 0 aromatic carbocycles. The third-order valence-electron chi connectivity index (χ3n) is 4.44. The molecule has 1 aromatic rings. The zero-order valence-electron chi connectivity index (χ0n) is 12.4. The van der Waals surface area contributed by atoms with Gasteiger partial charge in [-0.2, -0.15) is 0 Å². The number of aryl methyl sites for hydroxylation is 2. The van der Waals surface area contributed by atoms with Gasteiger partial charge in [0.05, 0.1) is 6.10 Å². The highest BCUT2D eigenvalue weighted by molar-refractivity contribution is 5.50. The fraction of sp³-hybridized carbons (Fsp3) is 0.688. The number of likely N-dealkylation sites (N-methyl/N-ethyl adjacent to an activating group) is 1. The molecule has 0 amide bonds. The first-order valence-corrected chi connectivity index (χ1v) is 7.82. The number of nitrogens with zero attached hydrogens (tertiary/aromatic N) is 2. The average Bonchev–Trinajstić information content (AvgIpc) is 2.98. The molecule has 1 unspecified atom stereocenters. The maximum Gasteiger partial charge on any atom is 0.133 e. The van der Waals surface area contributed by atoms with Crippen LogP contribution < -0.4 is 10.6 Å². The van der Waals surface area contributed by atoms with Gasteiger partial charge in [0.25, 0.3) is 0 Å². The van der Waals surface area contributed by atoms with Crippen LogP contribution in [0.15, 0.2) is 6.07 Å². The van der Waals surface area contributed by atoms with E-state index in [0.29, 0.717) is 12.6 Å². The molecule has 0 radical (unpaired) electrons. The largest absolute Gasteiger partial charge is 0.376 e. The van der Waals surface area contributed by atoms with Crippen LogP contribution in [0.25, 0.3) is 0 Å². The molecule has 20 heavy (non-hydrogen) atoms. The molecule has 2 aliphatic rings. The SMILES string of the molecule is CN(CC1CCCO1)c1nc2c(cc1CN)CCCC2. The summed E-state index contributed by atoms with van der Waals surface area (Å²) in [6.45, 7) is 2.38. The molecule has 4 nitrogen and oxygen atoms in total. The van der Waals surface area contributed by atoms with E-state index in [1.165, 1.54) is 36.1 Å². The predicted molar refractivity (Wildman–Crippen MR) is 81.0 cm³/mol. The summed E-state index contributed by atoms with van der Waals surface area (Å²) < 4.78 is 5.73. The van der Waals surface area contributed by atoms with Crippen LogP contribution in [-0.4, -0.2) is 31.3 Å². The Morgan fingerprint density at radius 3 is 2.95 bits per heavy atom. The van der Waals surface area contributed by atoms with Gasteiger partial charge in [0, 0.05) is 38.0 Å². The molecular weight excluding hydrogens is 250 g/mol. The van der Waals surface area contributed by atoms with Gasteiger partial charge in [0.2, 0.25) is 0 Å². The number of nitrogens with two attached hydrogens (primary N) is 1. The van der Waals surface area contributed by atoms with Crippen LogP contribution in [0.5, 0.6) is 0 Å². The lowest BCUT2D eigenvalue weighted by Gasteiger charge is -2.26. The smallest absolute Gasteiger partial charge is 0.133 e. The molecule has 2 N–H and O–H groups in total. The molecule has 0 bridgehead atoms. The van der Waals surface area contributed by atoms with Crippen molar-refractivity contribution in [1.82, 2.24) is 4.98 Å². The molecule has 3 rings (SSSR count). The van der Waals surface area contributed by atoms with E-state index in [0.717, 1.165) is 38.2 Å². The molecule has 1 atom stereocenters. The fourth-order valence-electron chi connectivity index (χ4n) is 3.33. The molecule has 4 heteroatoms. The third-order valence-corrected chi connectivity index (χ3v) is 4.44. The molecule has 2 heterocycles. The Labute approximate surface area is 121 Å². The Bertz CT molecular complexity index is 469. The molecular formula is C16H25N3O. The summed E-state index contributed by atoms with van der Waals surface area (Å²) in [7, 11) is 2.11. The summed E-state index contributed by atoms with van der Waals surface area (Å²) >= 11 is 0. The van der Waals surface area contributed by atoms with Crippen LogP contribution >= 0.6 is 0 Å². The minimum Gasteiger partial charge on any atom is -0.376 e. The minimum absolute atomic E-state index is 0.350. The summed E-state index contributed by atoms with van der Waals surface area (Å²) in [5, 5.41) is 0. The number of hydrogen-bond donors (Lipinski definition) is 1. The Morgan fingerprint density at radius 1 is 1.35 bits per heavy atom. The quantitative estimate of drug-likeness (QED) is 0.913. The standard InChI is InChI=1S/C16H25N3O/c1-19(11-14-6-4-8-20-14)16-13(10-17)9-12-5-2-3-7-15(12)18-16/h9,14H,2-8,10-11,17H2,1H3. The first-order valence-electron chi connectivity index (χ1n) is 7.82. The van der Waals surface area contributed by atoms with Crippen molar-refractivity contribution < 1.29 is 4.74 Å². The van der Waals surface area contributed by atoms with Crippen molar-refractivity contribution in [2.75, 3.05) is 25.1 Å². The van der Waals surface area contributed by atoms with Crippen LogP contribution in [-0.2, 0) is 24.1 Å². The molecule has 1 aliphatic carbocycles. The Hall–Kier alpha value is -1.13. The maximum absolute atomic E-state index is 5.93. The van der Waals surface area contributed by atoms with Crippen LogP contribution in [0.3, 0.4) is 0 Å². The van der Waals surface area contributed by atoms with Gasteiger partial charge in [-0.1, -0.05) is 0 Å². The van der Waals surface area contributed by atoms with Crippen molar-refractivity contribution in [3.8, 4) is 0 Å². The molecule has 1 fully saturated rings. The first-order chi connectivity index (χ1) is 9.78. The molecule has 1 aromatic heterocycles. The van der Waals surface area contributed by atoms with E-state index in [1.807, 2.05) is 0 Å². The van der Waals surface area contributed by atoms with E-state index in [-0.39, 0.29) is 0 Å². The zero-order valence-corrected chi connectivity index (χ0v) is 12.4. The van der Waals surface area contributed by atoms with Gasteiger partial charge < -0.3 is 15.4 Å². The second-order valence-corrected chi connectivity index (χ2v) is 6.00. The summed E-state index contributed by atoms with van der Waals surface area (Å²) in [6, 6.07) is 2.28. The number of aromatic nitrogens is 1. The Kier molecular flexibility index (Phi) is 4.22. The van der Waals surface area contributed by atoms with E-state index in [1.54, 1.807) is 0 Å². The fourth-order valence-corrected chi connectivity index (χ4v) is 3.33. The molecule has 1 saturated heterocycles. The lowest BCUT2D eigenvalue weighted by molar-refractivity contribution is 0.116. The van der Waals surface area contributed by atoms with E-state index < -0.39 is 0 Å². The van der Waals surface area contributed by atoms with Gasteiger partial charge >= 0.3 is 0 Å². The Morgan fingerprint density at radius 2 is 2.20 bits per heavy atom. The molecule has 1 aliphatic heterocycles. The van der Waals surface area contributed by atoms with Crippen LogP contribution in [0.2, 0.25) is 0 Å². The molecule has 0 spiro atoms. The lowest BCUT2D eigenvalue weighted by Crippen LogP contribution is -2.31. The molecule has 0 saturated carbocycles. The van der Waals surface area contributed by atoms with Crippen molar-refractivity contribution in [3.05, 3.63) is 22.9 Å². The van der Waals surface area contributed by atoms with E-state index in [4.69, 9.17) is 15.5 Å². The lowest BCUT2D eigenvalue weighted by atomic mass is 9.94. The average molecular weight is 275 g/mol. The summed E-state index contributed by atoms with van der Waals surface area (Å²) in [4.78, 5) is 7.15. The Balaban J connectivity index is 1.82. The summed E-state index contributed by atoms with van der Waals surface area (Å²) in [5.74, 6) is 1.06. The van der Waals surface area contributed by atoms with Gasteiger partial charge in [-0.25, -0.2) is 4.98 Å². The normalized spacial score (nSPS) is 21.8. The second-order valence-electron chi connectivity index (χ2n) is 6.00. The number of anilines is 1. The number of ether oxygens (including phenoxy) is 1. The number of fused-ring (bicyclic) bond motifs is 1. The van der Waals surface area contributed by atoms with Crippen molar-refractivity contribution in [2.24, 2.45) is 5.73 Å². The van der Waals surface area contributed by atoms with Gasteiger partial charge in [-0.05, 0) is 50.2 Å². The number of pyridine rings is 1. The number of rotatable bonds is 4. The van der Waals surface area contributed by atoms with Crippen molar-refractivity contribution in [3.63, 3.8) is 0 Å². The van der Waals surface area contributed by atoms with Gasteiger partial charge in [0.15, 0.2) is 0 Å². The molecule has 110 valence electrons. The second kappa shape index (κ2) is 6.10. The van der Waals surface area contributed by atoms with Crippen LogP contribution in [0.4, 0.5) is 5.82 Å². The highest BCUT2D eigenvalue weighted by Crippen LogP contribution is 2.27. The minimum atomic E-state index is 0.350. The summed E-state index contributed by atoms with van der Waals surface area (Å²) in [6.07, 6.45) is 7.50. The van der Waals surface area contributed by atoms with E-state index >= 15 is 0 Å². The highest BCUT2D eigenvalue weighted by atomic mass is 16.5. The van der Waals surface area contributed by atoms with Crippen molar-refractivity contribution >= 4 is 5.82 Å². The maximum atomic E-state index is 5.93. The highest BCUT2D eigenvalue weighted by Gasteiger charge is 2.21. The van der Waals surface area contributed by atoms with Crippen LogP contribution in [0, 0.1) is 0 Å². The first kappa shape index (κ1) is 13.8. The topological polar surface area (TPSA) is 51.4 Å². The zero-order chi connectivity index (χ0) is 13.9. The van der Waals surface area contributed by atoms with Crippen molar-refractivity contribution in [2.45, 2.75) is 51.2 Å². The van der Waals surface area contributed by atoms with Crippen molar-refractivity contribution in [1.29, 1.82) is 0 Å². The number of hydrogen-bond acceptors (Lipinski definition) is 4.